The summed E-state index contributed by atoms with van der Waals surface area (Å²) in [6.07, 6.45) is 1.84. The zero-order chi connectivity index (χ0) is 17.6. The maximum Gasteiger partial charge on any atom is 0.221 e. The van der Waals surface area contributed by atoms with E-state index in [1.54, 1.807) is 6.33 Å². The number of hydrogen-bond donors (Lipinski definition) is 1. The van der Waals surface area contributed by atoms with Gasteiger partial charge in [-0.3, -0.25) is 4.90 Å². The summed E-state index contributed by atoms with van der Waals surface area (Å²) < 4.78 is 11.3. The van der Waals surface area contributed by atoms with Gasteiger partial charge in [0, 0.05) is 31.6 Å². The van der Waals surface area contributed by atoms with Gasteiger partial charge in [-0.1, -0.05) is 17.7 Å². The van der Waals surface area contributed by atoms with Crippen LogP contribution in [0.5, 0.6) is 11.6 Å². The van der Waals surface area contributed by atoms with Gasteiger partial charge < -0.3 is 14.6 Å². The van der Waals surface area contributed by atoms with Gasteiger partial charge in [0.15, 0.2) is 0 Å². The number of hydrogen-bond acceptors (Lipinski definition) is 6. The van der Waals surface area contributed by atoms with Crippen LogP contribution >= 0.6 is 0 Å². The molecule has 1 aromatic heterocycles. The third kappa shape index (κ3) is 4.67. The van der Waals surface area contributed by atoms with Gasteiger partial charge in [0.25, 0.3) is 0 Å². The average Bonchev–Trinajstić information content (AvgIpc) is 2.62. The Bertz CT molecular complexity index is 691. The van der Waals surface area contributed by atoms with Gasteiger partial charge in [-0.25, -0.2) is 9.97 Å². The monoisotopic (exact) mass is 343 g/mol. The van der Waals surface area contributed by atoms with E-state index in [0.29, 0.717) is 25.6 Å². The Morgan fingerprint density at radius 2 is 2.00 bits per heavy atom. The molecule has 0 radical (unpaired) electrons. The lowest BCUT2D eigenvalue weighted by molar-refractivity contribution is 0.0629. The van der Waals surface area contributed by atoms with Crippen molar-refractivity contribution in [1.82, 2.24) is 14.9 Å². The molecule has 3 rings (SSSR count). The number of aliphatic hydroxyl groups is 1. The van der Waals surface area contributed by atoms with Gasteiger partial charge >= 0.3 is 0 Å². The van der Waals surface area contributed by atoms with Crippen molar-refractivity contribution in [3.05, 3.63) is 47.4 Å². The van der Waals surface area contributed by atoms with Crippen molar-refractivity contribution >= 4 is 0 Å². The second-order valence-corrected chi connectivity index (χ2v) is 6.30. The standard InChI is InChI=1S/C19H25N3O3/c1-3-24-19-17-11-22(9-8-18(17)20-13-21-19)10-15(23)12-25-16-6-4-14(2)5-7-16/h4-7,13,15,23H,3,8-12H2,1-2H3/t15-/m0/s1. The molecule has 0 amide bonds. The molecule has 0 fully saturated rings. The van der Waals surface area contributed by atoms with E-state index in [0.717, 1.165) is 30.0 Å². The first-order valence-electron chi connectivity index (χ1n) is 8.71. The number of aliphatic hydroxyl groups excluding tert-OH is 1. The van der Waals surface area contributed by atoms with Crippen molar-refractivity contribution in [2.24, 2.45) is 0 Å². The predicted molar refractivity (Wildman–Crippen MR) is 94.9 cm³/mol. The van der Waals surface area contributed by atoms with Crippen molar-refractivity contribution in [3.8, 4) is 11.6 Å². The van der Waals surface area contributed by atoms with Crippen LogP contribution in [0.15, 0.2) is 30.6 Å². The molecule has 2 aromatic rings. The summed E-state index contributed by atoms with van der Waals surface area (Å²) in [6, 6.07) is 7.84. The SMILES string of the molecule is CCOc1ncnc2c1CN(C[C@H](O)COc1ccc(C)cc1)CC2. The Hall–Kier alpha value is -2.18. The normalized spacial score (nSPS) is 15.5. The second-order valence-electron chi connectivity index (χ2n) is 6.30. The van der Waals surface area contributed by atoms with Gasteiger partial charge in [-0.2, -0.15) is 0 Å². The minimum absolute atomic E-state index is 0.274. The fourth-order valence-corrected chi connectivity index (χ4v) is 2.97. The van der Waals surface area contributed by atoms with Crippen molar-refractivity contribution < 1.29 is 14.6 Å². The predicted octanol–water partition coefficient (Wildman–Crippen LogP) is 1.98. The lowest BCUT2D eigenvalue weighted by Gasteiger charge is -2.30. The minimum Gasteiger partial charge on any atom is -0.491 e. The molecule has 1 aliphatic heterocycles. The van der Waals surface area contributed by atoms with E-state index in [-0.39, 0.29) is 6.61 Å². The van der Waals surface area contributed by atoms with Crippen molar-refractivity contribution in [2.45, 2.75) is 32.9 Å². The van der Waals surface area contributed by atoms with Gasteiger partial charge in [0.05, 0.1) is 12.3 Å². The minimum atomic E-state index is -0.553. The molecule has 0 spiro atoms. The van der Waals surface area contributed by atoms with Gasteiger partial charge in [-0.15, -0.1) is 0 Å². The molecule has 6 heteroatoms. The molecule has 1 aliphatic rings. The molecule has 6 nitrogen and oxygen atoms in total. The summed E-state index contributed by atoms with van der Waals surface area (Å²) in [7, 11) is 0. The van der Waals surface area contributed by atoms with Gasteiger partial charge in [0.2, 0.25) is 5.88 Å². The van der Waals surface area contributed by atoms with Crippen LogP contribution in [0.25, 0.3) is 0 Å². The maximum atomic E-state index is 10.3. The molecule has 0 bridgehead atoms. The van der Waals surface area contributed by atoms with Crippen LogP contribution in [0.1, 0.15) is 23.7 Å². The van der Waals surface area contributed by atoms with Crippen LogP contribution < -0.4 is 9.47 Å². The highest BCUT2D eigenvalue weighted by molar-refractivity contribution is 5.31. The first-order chi connectivity index (χ1) is 12.2. The number of aryl methyl sites for hydroxylation is 1. The molecule has 0 unspecified atom stereocenters. The Balaban J connectivity index is 1.54. The number of β-amino-alcohol motifs (C(OH)–C–C–N with tert-alkyl or cyclic N) is 1. The van der Waals surface area contributed by atoms with E-state index in [1.165, 1.54) is 5.56 Å². The molecule has 1 atom stereocenters. The van der Waals surface area contributed by atoms with E-state index < -0.39 is 6.10 Å². The van der Waals surface area contributed by atoms with Crippen LogP contribution in [-0.4, -0.2) is 52.4 Å². The van der Waals surface area contributed by atoms with Crippen molar-refractivity contribution in [1.29, 1.82) is 0 Å². The quantitative estimate of drug-likeness (QED) is 0.829. The van der Waals surface area contributed by atoms with E-state index >= 15 is 0 Å². The smallest absolute Gasteiger partial charge is 0.221 e. The molecule has 1 N–H and O–H groups in total. The van der Waals surface area contributed by atoms with Crippen LogP contribution in [0.4, 0.5) is 0 Å². The summed E-state index contributed by atoms with van der Waals surface area (Å²) in [6.45, 7) is 6.93. The number of ether oxygens (including phenoxy) is 2. The molecule has 2 heterocycles. The maximum absolute atomic E-state index is 10.3. The number of aromatic nitrogens is 2. The molecule has 0 aliphatic carbocycles. The fourth-order valence-electron chi connectivity index (χ4n) is 2.97. The van der Waals surface area contributed by atoms with E-state index in [2.05, 4.69) is 14.9 Å². The Labute approximate surface area is 148 Å². The van der Waals surface area contributed by atoms with Crippen LogP contribution in [0, 0.1) is 6.92 Å². The first-order valence-corrected chi connectivity index (χ1v) is 8.71. The first kappa shape index (κ1) is 17.6. The topological polar surface area (TPSA) is 67.7 Å². The summed E-state index contributed by atoms with van der Waals surface area (Å²) in [4.78, 5) is 10.8. The lowest BCUT2D eigenvalue weighted by Crippen LogP contribution is -2.39. The average molecular weight is 343 g/mol. The number of nitrogens with zero attached hydrogens (tertiary/aromatic N) is 3. The number of fused-ring (bicyclic) bond motifs is 1. The van der Waals surface area contributed by atoms with Crippen LogP contribution in [-0.2, 0) is 13.0 Å². The summed E-state index contributed by atoms with van der Waals surface area (Å²) in [5.41, 5.74) is 3.26. The Morgan fingerprint density at radius 3 is 2.76 bits per heavy atom. The molecule has 0 saturated heterocycles. The summed E-state index contributed by atoms with van der Waals surface area (Å²) >= 11 is 0. The highest BCUT2D eigenvalue weighted by atomic mass is 16.5. The zero-order valence-corrected chi connectivity index (χ0v) is 14.8. The molecular formula is C19H25N3O3. The number of benzene rings is 1. The molecule has 0 saturated carbocycles. The van der Waals surface area contributed by atoms with Gasteiger partial charge in [-0.05, 0) is 26.0 Å². The highest BCUT2D eigenvalue weighted by Gasteiger charge is 2.23. The van der Waals surface area contributed by atoms with Crippen LogP contribution in [0.3, 0.4) is 0 Å². The van der Waals surface area contributed by atoms with Crippen molar-refractivity contribution in [2.75, 3.05) is 26.3 Å². The summed E-state index contributed by atoms with van der Waals surface area (Å²) in [5, 5.41) is 10.3. The van der Waals surface area contributed by atoms with E-state index in [9.17, 15) is 5.11 Å². The highest BCUT2D eigenvalue weighted by Crippen LogP contribution is 2.24. The largest absolute Gasteiger partial charge is 0.491 e. The fraction of sp³-hybridized carbons (Fsp3) is 0.474. The number of rotatable bonds is 7. The van der Waals surface area contributed by atoms with E-state index in [4.69, 9.17) is 9.47 Å². The Kier molecular flexibility index (Phi) is 5.83. The van der Waals surface area contributed by atoms with E-state index in [1.807, 2.05) is 38.1 Å². The molecule has 1 aromatic carbocycles. The third-order valence-corrected chi connectivity index (χ3v) is 4.25. The van der Waals surface area contributed by atoms with Crippen LogP contribution in [0.2, 0.25) is 0 Å². The van der Waals surface area contributed by atoms with Crippen molar-refractivity contribution in [3.63, 3.8) is 0 Å². The molecular weight excluding hydrogens is 318 g/mol. The lowest BCUT2D eigenvalue weighted by atomic mass is 10.1. The zero-order valence-electron chi connectivity index (χ0n) is 14.8. The van der Waals surface area contributed by atoms with Gasteiger partial charge in [0.1, 0.15) is 24.8 Å². The summed E-state index contributed by atoms with van der Waals surface area (Å²) in [5.74, 6) is 1.43. The third-order valence-electron chi connectivity index (χ3n) is 4.25. The second kappa shape index (κ2) is 8.27. The molecule has 25 heavy (non-hydrogen) atoms. The molecule has 134 valence electrons. The Morgan fingerprint density at radius 1 is 1.20 bits per heavy atom.